The molecule has 0 atom stereocenters. The van der Waals surface area contributed by atoms with Crippen molar-refractivity contribution in [2.24, 2.45) is 12.2 Å². The van der Waals surface area contributed by atoms with E-state index in [4.69, 9.17) is 5.14 Å². The molecular formula is C8H10N6O3S. The number of aromatic amines is 1. The summed E-state index contributed by atoms with van der Waals surface area (Å²) < 4.78 is 23.8. The molecule has 2 aromatic heterocycles. The highest BCUT2D eigenvalue weighted by molar-refractivity contribution is 7.89. The number of nitrogens with zero attached hydrogens (tertiary/aromatic N) is 3. The Morgan fingerprint density at radius 3 is 2.83 bits per heavy atom. The van der Waals surface area contributed by atoms with E-state index in [1.54, 1.807) is 0 Å². The minimum absolute atomic E-state index is 0.125. The normalized spacial score (nSPS) is 11.4. The minimum atomic E-state index is -3.95. The number of sulfonamides is 1. The number of anilines is 1. The summed E-state index contributed by atoms with van der Waals surface area (Å²) in [6.45, 7) is 0. The largest absolute Gasteiger partial charge is 0.303 e. The lowest BCUT2D eigenvalue weighted by molar-refractivity contribution is 0.102. The number of aryl methyl sites for hydroxylation is 1. The van der Waals surface area contributed by atoms with Crippen LogP contribution in [0, 0.1) is 0 Å². The summed E-state index contributed by atoms with van der Waals surface area (Å²) in [6.07, 6.45) is 2.60. The maximum atomic E-state index is 11.7. The molecule has 0 saturated carbocycles. The molecule has 0 radical (unpaired) electrons. The summed E-state index contributed by atoms with van der Waals surface area (Å²) in [5.41, 5.74) is 0.182. The van der Waals surface area contributed by atoms with Crippen LogP contribution in [-0.2, 0) is 17.1 Å². The van der Waals surface area contributed by atoms with Gasteiger partial charge in [0.05, 0.1) is 0 Å². The van der Waals surface area contributed by atoms with Crippen LogP contribution in [0.2, 0.25) is 0 Å². The minimum Gasteiger partial charge on any atom is -0.303 e. The van der Waals surface area contributed by atoms with Crippen LogP contribution in [0.25, 0.3) is 0 Å². The van der Waals surface area contributed by atoms with E-state index in [2.05, 4.69) is 20.6 Å². The van der Waals surface area contributed by atoms with Gasteiger partial charge in [-0.3, -0.25) is 14.6 Å². The number of hydrogen-bond acceptors (Lipinski definition) is 5. The van der Waals surface area contributed by atoms with E-state index < -0.39 is 15.9 Å². The number of nitrogens with two attached hydrogens (primary N) is 1. The number of rotatable bonds is 3. The van der Waals surface area contributed by atoms with Gasteiger partial charge < -0.3 is 5.32 Å². The lowest BCUT2D eigenvalue weighted by Crippen LogP contribution is -2.18. The first-order valence-electron chi connectivity index (χ1n) is 4.75. The van der Waals surface area contributed by atoms with Crippen LogP contribution in [0.4, 0.5) is 5.82 Å². The predicted octanol–water partition coefficient (Wildman–Crippen LogP) is -0.957. The molecule has 4 N–H and O–H groups in total. The van der Waals surface area contributed by atoms with Crippen LogP contribution in [0.3, 0.4) is 0 Å². The van der Waals surface area contributed by atoms with E-state index >= 15 is 0 Å². The molecular weight excluding hydrogens is 260 g/mol. The number of nitrogens with one attached hydrogen (secondary N) is 2. The number of aromatic nitrogens is 4. The second-order valence-electron chi connectivity index (χ2n) is 3.49. The average molecular weight is 270 g/mol. The van der Waals surface area contributed by atoms with Crippen LogP contribution >= 0.6 is 0 Å². The van der Waals surface area contributed by atoms with Gasteiger partial charge in [-0.05, 0) is 6.07 Å². The van der Waals surface area contributed by atoms with E-state index in [9.17, 15) is 13.2 Å². The van der Waals surface area contributed by atoms with Crippen molar-refractivity contribution in [1.82, 2.24) is 20.0 Å². The molecule has 10 heteroatoms. The lowest BCUT2D eigenvalue weighted by atomic mass is 10.4. The zero-order valence-electron chi connectivity index (χ0n) is 9.28. The van der Waals surface area contributed by atoms with E-state index in [-0.39, 0.29) is 16.4 Å². The maximum absolute atomic E-state index is 11.7. The van der Waals surface area contributed by atoms with Crippen molar-refractivity contribution in [3.8, 4) is 0 Å². The molecule has 0 aromatic carbocycles. The number of hydrogen-bond donors (Lipinski definition) is 3. The molecule has 18 heavy (non-hydrogen) atoms. The average Bonchev–Trinajstić information content (AvgIpc) is 2.85. The number of H-pyrrole nitrogens is 1. The second kappa shape index (κ2) is 4.23. The van der Waals surface area contributed by atoms with Crippen molar-refractivity contribution in [3.63, 3.8) is 0 Å². The molecule has 0 aliphatic carbocycles. The predicted molar refractivity (Wildman–Crippen MR) is 61.1 cm³/mol. The molecule has 9 nitrogen and oxygen atoms in total. The Hall–Kier alpha value is -2.20. The smallest absolute Gasteiger partial charge is 0.274 e. The van der Waals surface area contributed by atoms with Crippen LogP contribution in [-0.4, -0.2) is 34.3 Å². The highest BCUT2D eigenvalue weighted by Crippen LogP contribution is 2.17. The molecule has 2 rings (SSSR count). The fourth-order valence-corrected chi connectivity index (χ4v) is 1.98. The molecule has 0 fully saturated rings. The maximum Gasteiger partial charge on any atom is 0.274 e. The van der Waals surface area contributed by atoms with E-state index in [0.29, 0.717) is 0 Å². The fraction of sp³-hybridized carbons (Fsp3) is 0.125. The van der Waals surface area contributed by atoms with Crippen LogP contribution in [0.5, 0.6) is 0 Å². The highest BCUT2D eigenvalue weighted by atomic mass is 32.2. The molecule has 0 spiro atoms. The Morgan fingerprint density at radius 2 is 2.28 bits per heavy atom. The van der Waals surface area contributed by atoms with Gasteiger partial charge in [-0.25, -0.2) is 13.6 Å². The zero-order chi connectivity index (χ0) is 13.3. The van der Waals surface area contributed by atoms with Crippen molar-refractivity contribution in [2.45, 2.75) is 4.90 Å². The summed E-state index contributed by atoms with van der Waals surface area (Å²) in [7, 11) is -2.44. The second-order valence-corrected chi connectivity index (χ2v) is 5.01. The first kappa shape index (κ1) is 12.3. The fourth-order valence-electron chi connectivity index (χ4n) is 1.32. The quantitative estimate of drug-likeness (QED) is 0.660. The Morgan fingerprint density at radius 1 is 1.56 bits per heavy atom. The standard InChI is InChI=1S/C8H10N6O3S/c1-14-4-6(18(9,16)17)7(13-14)11-8(15)5-2-3-10-12-5/h2-4H,1H3,(H,10,12)(H2,9,16,17)(H,11,13,15). The SMILES string of the molecule is Cn1cc(S(N)(=O)=O)c(NC(=O)c2ccn[nH]2)n1. The number of carbonyl (C=O) groups excluding carboxylic acids is 1. The molecule has 0 aliphatic heterocycles. The molecule has 2 heterocycles. The summed E-state index contributed by atoms with van der Waals surface area (Å²) in [6, 6.07) is 1.44. The van der Waals surface area contributed by atoms with E-state index in [0.717, 1.165) is 0 Å². The van der Waals surface area contributed by atoms with Crippen LogP contribution in [0.15, 0.2) is 23.4 Å². The van der Waals surface area contributed by atoms with Gasteiger partial charge in [0, 0.05) is 19.4 Å². The summed E-state index contributed by atoms with van der Waals surface area (Å²) in [5.74, 6) is -0.685. The lowest BCUT2D eigenvalue weighted by Gasteiger charge is -2.01. The first-order chi connectivity index (χ1) is 8.38. The first-order valence-corrected chi connectivity index (χ1v) is 6.30. The molecule has 0 saturated heterocycles. The molecule has 0 unspecified atom stereocenters. The number of amides is 1. The molecule has 2 aromatic rings. The Kier molecular flexibility index (Phi) is 2.88. The third-order valence-corrected chi connectivity index (χ3v) is 2.99. The molecule has 1 amide bonds. The van der Waals surface area contributed by atoms with Gasteiger partial charge in [0.25, 0.3) is 5.91 Å². The summed E-state index contributed by atoms with van der Waals surface area (Å²) in [5, 5.41) is 17.2. The number of primary sulfonamides is 1. The van der Waals surface area contributed by atoms with Gasteiger partial charge in [0.15, 0.2) is 5.82 Å². The van der Waals surface area contributed by atoms with Gasteiger partial charge in [-0.1, -0.05) is 0 Å². The van der Waals surface area contributed by atoms with Crippen molar-refractivity contribution in [3.05, 3.63) is 24.2 Å². The summed E-state index contributed by atoms with van der Waals surface area (Å²) in [4.78, 5) is 11.4. The molecule has 0 bridgehead atoms. The van der Waals surface area contributed by atoms with Gasteiger partial charge in [0.2, 0.25) is 10.0 Å². The van der Waals surface area contributed by atoms with E-state index in [1.807, 2.05) is 0 Å². The van der Waals surface area contributed by atoms with Crippen molar-refractivity contribution >= 4 is 21.7 Å². The van der Waals surface area contributed by atoms with Crippen LogP contribution in [0.1, 0.15) is 10.5 Å². The third-order valence-electron chi connectivity index (χ3n) is 2.08. The number of carbonyl (C=O) groups is 1. The Balaban J connectivity index is 2.33. The monoisotopic (exact) mass is 270 g/mol. The molecule has 0 aliphatic rings. The summed E-state index contributed by atoms with van der Waals surface area (Å²) >= 11 is 0. The highest BCUT2D eigenvalue weighted by Gasteiger charge is 2.20. The van der Waals surface area contributed by atoms with Crippen molar-refractivity contribution < 1.29 is 13.2 Å². The van der Waals surface area contributed by atoms with Crippen molar-refractivity contribution in [1.29, 1.82) is 0 Å². The third kappa shape index (κ3) is 2.38. The van der Waals surface area contributed by atoms with Gasteiger partial charge in [0.1, 0.15) is 10.6 Å². The van der Waals surface area contributed by atoms with Crippen LogP contribution < -0.4 is 10.5 Å². The van der Waals surface area contributed by atoms with Gasteiger partial charge in [-0.15, -0.1) is 0 Å². The zero-order valence-corrected chi connectivity index (χ0v) is 10.1. The van der Waals surface area contributed by atoms with E-state index in [1.165, 1.54) is 30.2 Å². The Labute approximate surface area is 102 Å². The molecule has 96 valence electrons. The van der Waals surface area contributed by atoms with Gasteiger partial charge >= 0.3 is 0 Å². The Bertz CT molecular complexity index is 672. The van der Waals surface area contributed by atoms with Gasteiger partial charge in [-0.2, -0.15) is 10.2 Å². The van der Waals surface area contributed by atoms with Crippen molar-refractivity contribution in [2.75, 3.05) is 5.32 Å². The topological polar surface area (TPSA) is 136 Å².